The third kappa shape index (κ3) is 4.86. The molecule has 0 aromatic carbocycles. The fourth-order valence-corrected chi connectivity index (χ4v) is 3.93. The van der Waals surface area contributed by atoms with E-state index >= 15 is 0 Å². The maximum atomic E-state index is 12.5. The Morgan fingerprint density at radius 1 is 1.27 bits per heavy atom. The molecule has 26 heavy (non-hydrogen) atoms. The average Bonchev–Trinajstić information content (AvgIpc) is 3.11. The second-order valence-electron chi connectivity index (χ2n) is 7.61. The lowest BCUT2D eigenvalue weighted by Gasteiger charge is -2.34. The van der Waals surface area contributed by atoms with Gasteiger partial charge in [0.1, 0.15) is 12.0 Å². The summed E-state index contributed by atoms with van der Waals surface area (Å²) in [5.74, 6) is 1.38. The van der Waals surface area contributed by atoms with Crippen LogP contribution >= 0.6 is 0 Å². The van der Waals surface area contributed by atoms with E-state index in [0.717, 1.165) is 12.8 Å². The monoisotopic (exact) mass is 362 g/mol. The second kappa shape index (κ2) is 8.68. The number of furan rings is 1. The quantitative estimate of drug-likeness (QED) is 0.821. The van der Waals surface area contributed by atoms with Crippen LogP contribution in [-0.4, -0.2) is 60.4 Å². The number of hydrogen-bond donors (Lipinski definition) is 2. The van der Waals surface area contributed by atoms with Gasteiger partial charge < -0.3 is 20.4 Å². The number of carbonyl (C=O) groups excluding carboxylic acids is 2. The minimum atomic E-state index is -0.0336. The normalized spacial score (nSPS) is 24.5. The minimum absolute atomic E-state index is 0.0336. The standard InChI is InChI=1S/C19H30N4O3/c1-14-3-2-4-16(9-14)21-18(24)12-22-5-7-23(8-6-22)19(25)15-10-17(11-20)26-13-15/h10,13-14,16H,2-9,11-12,20H2,1H3,(H,21,24). The Hall–Kier alpha value is -1.86. The molecule has 0 bridgehead atoms. The molecule has 2 fully saturated rings. The third-order valence-electron chi connectivity index (χ3n) is 5.43. The van der Waals surface area contributed by atoms with Gasteiger partial charge in [-0.3, -0.25) is 14.5 Å². The van der Waals surface area contributed by atoms with E-state index in [1.54, 1.807) is 6.07 Å². The molecule has 2 heterocycles. The molecule has 2 unspecified atom stereocenters. The number of nitrogens with zero attached hydrogens (tertiary/aromatic N) is 2. The van der Waals surface area contributed by atoms with Crippen molar-refractivity contribution in [2.45, 2.75) is 45.2 Å². The van der Waals surface area contributed by atoms with Gasteiger partial charge in [-0.2, -0.15) is 0 Å². The molecular weight excluding hydrogens is 332 g/mol. The predicted molar refractivity (Wildman–Crippen MR) is 98.5 cm³/mol. The smallest absolute Gasteiger partial charge is 0.257 e. The molecule has 1 aromatic heterocycles. The topological polar surface area (TPSA) is 91.8 Å². The summed E-state index contributed by atoms with van der Waals surface area (Å²) in [4.78, 5) is 28.7. The minimum Gasteiger partial charge on any atom is -0.467 e. The summed E-state index contributed by atoms with van der Waals surface area (Å²) in [6, 6.07) is 2.03. The van der Waals surface area contributed by atoms with Crippen LogP contribution in [-0.2, 0) is 11.3 Å². The molecule has 3 N–H and O–H groups in total. The van der Waals surface area contributed by atoms with Gasteiger partial charge in [-0.15, -0.1) is 0 Å². The van der Waals surface area contributed by atoms with E-state index in [-0.39, 0.29) is 18.4 Å². The first kappa shape index (κ1) is 18.9. The molecule has 7 nitrogen and oxygen atoms in total. The van der Waals surface area contributed by atoms with Gasteiger partial charge in [-0.05, 0) is 24.8 Å². The van der Waals surface area contributed by atoms with Crippen LogP contribution in [0.4, 0.5) is 0 Å². The Morgan fingerprint density at radius 3 is 2.69 bits per heavy atom. The lowest BCUT2D eigenvalue weighted by Crippen LogP contribution is -2.52. The van der Waals surface area contributed by atoms with E-state index in [9.17, 15) is 9.59 Å². The molecule has 2 atom stereocenters. The van der Waals surface area contributed by atoms with E-state index < -0.39 is 0 Å². The number of nitrogens with two attached hydrogens (primary N) is 1. The fourth-order valence-electron chi connectivity index (χ4n) is 3.93. The molecule has 3 rings (SSSR count). The van der Waals surface area contributed by atoms with Crippen molar-refractivity contribution in [1.82, 2.24) is 15.1 Å². The summed E-state index contributed by atoms with van der Waals surface area (Å²) < 4.78 is 5.24. The van der Waals surface area contributed by atoms with Crippen LogP contribution in [0.5, 0.6) is 0 Å². The summed E-state index contributed by atoms with van der Waals surface area (Å²) in [6.45, 7) is 5.62. The average molecular weight is 362 g/mol. The van der Waals surface area contributed by atoms with Gasteiger partial charge in [-0.25, -0.2) is 0 Å². The van der Waals surface area contributed by atoms with Gasteiger partial charge in [0.15, 0.2) is 0 Å². The van der Waals surface area contributed by atoms with Crippen LogP contribution in [0.3, 0.4) is 0 Å². The zero-order valence-corrected chi connectivity index (χ0v) is 15.6. The van der Waals surface area contributed by atoms with Gasteiger partial charge in [0.2, 0.25) is 5.91 Å². The summed E-state index contributed by atoms with van der Waals surface area (Å²) in [6.07, 6.45) is 6.12. The van der Waals surface area contributed by atoms with Crippen molar-refractivity contribution in [3.05, 3.63) is 23.7 Å². The van der Waals surface area contributed by atoms with Crippen LogP contribution in [0.1, 0.15) is 48.7 Å². The molecule has 0 spiro atoms. The van der Waals surface area contributed by atoms with Crippen LogP contribution in [0.2, 0.25) is 0 Å². The highest BCUT2D eigenvalue weighted by atomic mass is 16.3. The SMILES string of the molecule is CC1CCCC(NC(=O)CN2CCN(C(=O)c3coc(CN)c3)CC2)C1. The molecule has 1 aromatic rings. The Morgan fingerprint density at radius 2 is 2.04 bits per heavy atom. The van der Waals surface area contributed by atoms with Crippen LogP contribution in [0.25, 0.3) is 0 Å². The highest BCUT2D eigenvalue weighted by Gasteiger charge is 2.25. The van der Waals surface area contributed by atoms with Crippen molar-refractivity contribution in [3.8, 4) is 0 Å². The fraction of sp³-hybridized carbons (Fsp3) is 0.684. The maximum Gasteiger partial charge on any atom is 0.257 e. The van der Waals surface area contributed by atoms with Crippen molar-refractivity contribution < 1.29 is 14.0 Å². The molecule has 1 aliphatic carbocycles. The molecule has 7 heteroatoms. The summed E-state index contributed by atoms with van der Waals surface area (Å²) in [5.41, 5.74) is 6.06. The third-order valence-corrected chi connectivity index (χ3v) is 5.43. The highest BCUT2D eigenvalue weighted by molar-refractivity contribution is 5.94. The van der Waals surface area contributed by atoms with E-state index in [1.807, 2.05) is 4.90 Å². The Labute approximate surface area is 154 Å². The van der Waals surface area contributed by atoms with Gasteiger partial charge >= 0.3 is 0 Å². The number of rotatable bonds is 5. The maximum absolute atomic E-state index is 12.5. The second-order valence-corrected chi connectivity index (χ2v) is 7.61. The van der Waals surface area contributed by atoms with Gasteiger partial charge in [0.25, 0.3) is 5.91 Å². The zero-order valence-electron chi connectivity index (χ0n) is 15.6. The molecule has 0 radical (unpaired) electrons. The van der Waals surface area contributed by atoms with E-state index in [2.05, 4.69) is 17.1 Å². The lowest BCUT2D eigenvalue weighted by atomic mass is 9.87. The predicted octanol–water partition coefficient (Wildman–Crippen LogP) is 1.19. The number of carbonyl (C=O) groups is 2. The highest BCUT2D eigenvalue weighted by Crippen LogP contribution is 2.23. The first-order valence-electron chi connectivity index (χ1n) is 9.63. The van der Waals surface area contributed by atoms with Crippen molar-refractivity contribution in [1.29, 1.82) is 0 Å². The molecule has 144 valence electrons. The van der Waals surface area contributed by atoms with Gasteiger partial charge in [-0.1, -0.05) is 19.8 Å². The number of piperazine rings is 1. The first-order chi connectivity index (χ1) is 12.5. The van der Waals surface area contributed by atoms with E-state index in [0.29, 0.717) is 56.0 Å². The number of hydrogen-bond acceptors (Lipinski definition) is 5. The van der Waals surface area contributed by atoms with Crippen molar-refractivity contribution in [2.75, 3.05) is 32.7 Å². The Kier molecular flexibility index (Phi) is 6.32. The Bertz CT molecular complexity index is 622. The summed E-state index contributed by atoms with van der Waals surface area (Å²) in [7, 11) is 0. The molecule has 1 saturated carbocycles. The first-order valence-corrected chi connectivity index (χ1v) is 9.63. The Balaban J connectivity index is 1.41. The van der Waals surface area contributed by atoms with Gasteiger partial charge in [0.05, 0.1) is 18.7 Å². The van der Waals surface area contributed by atoms with Crippen LogP contribution in [0, 0.1) is 5.92 Å². The molecular formula is C19H30N4O3. The lowest BCUT2D eigenvalue weighted by molar-refractivity contribution is -0.123. The van der Waals surface area contributed by atoms with Crippen LogP contribution < -0.4 is 11.1 Å². The summed E-state index contributed by atoms with van der Waals surface area (Å²) >= 11 is 0. The number of amides is 2. The van der Waals surface area contributed by atoms with Gasteiger partial charge in [0, 0.05) is 32.2 Å². The van der Waals surface area contributed by atoms with Crippen molar-refractivity contribution >= 4 is 11.8 Å². The molecule has 2 amide bonds. The van der Waals surface area contributed by atoms with E-state index in [1.165, 1.54) is 19.1 Å². The number of nitrogens with one attached hydrogen (secondary N) is 1. The van der Waals surface area contributed by atoms with Crippen molar-refractivity contribution in [2.24, 2.45) is 11.7 Å². The largest absolute Gasteiger partial charge is 0.467 e. The molecule has 1 aliphatic heterocycles. The van der Waals surface area contributed by atoms with E-state index in [4.69, 9.17) is 10.2 Å². The summed E-state index contributed by atoms with van der Waals surface area (Å²) in [5, 5.41) is 3.18. The van der Waals surface area contributed by atoms with Crippen molar-refractivity contribution in [3.63, 3.8) is 0 Å². The zero-order chi connectivity index (χ0) is 18.5. The molecule has 2 aliphatic rings. The van der Waals surface area contributed by atoms with Crippen LogP contribution in [0.15, 0.2) is 16.7 Å². The molecule has 1 saturated heterocycles.